The topological polar surface area (TPSA) is 67.7 Å². The van der Waals surface area contributed by atoms with E-state index in [1.54, 1.807) is 14.2 Å². The summed E-state index contributed by atoms with van der Waals surface area (Å²) < 4.78 is 6.46. The minimum absolute atomic E-state index is 0.141. The van der Waals surface area contributed by atoms with Gasteiger partial charge in [-0.1, -0.05) is 24.3 Å². The van der Waals surface area contributed by atoms with E-state index in [2.05, 4.69) is 34.3 Å². The summed E-state index contributed by atoms with van der Waals surface area (Å²) in [6.45, 7) is 3.82. The fraction of sp³-hybridized carbons (Fsp3) is 0.542. The van der Waals surface area contributed by atoms with Crippen molar-refractivity contribution in [1.29, 1.82) is 0 Å². The molecule has 0 saturated carbocycles. The van der Waals surface area contributed by atoms with Crippen molar-refractivity contribution in [1.82, 2.24) is 19.6 Å². The van der Waals surface area contributed by atoms with Crippen LogP contribution in [0.3, 0.4) is 0 Å². The first kappa shape index (κ1) is 21.7. The number of carbonyl (C=O) groups excluding carboxylic acids is 1. The molecule has 7 heteroatoms. The van der Waals surface area contributed by atoms with Crippen LogP contribution in [0.5, 0.6) is 0 Å². The average Bonchev–Trinajstić information content (AvgIpc) is 3.22. The minimum Gasteiger partial charge on any atom is -0.383 e. The summed E-state index contributed by atoms with van der Waals surface area (Å²) in [5.74, 6) is 0.281. The summed E-state index contributed by atoms with van der Waals surface area (Å²) in [6.07, 6.45) is 4.52. The lowest BCUT2D eigenvalue weighted by molar-refractivity contribution is 0.0566. The van der Waals surface area contributed by atoms with Crippen LogP contribution in [0.4, 0.5) is 0 Å². The monoisotopic (exact) mass is 424 g/mol. The quantitative estimate of drug-likeness (QED) is 0.677. The SMILES string of the molecule is COCCN(CC1CCCN(C2Cc3ccccc3C2)C1)C(=O)c1ccc(=O)n(C)n1. The largest absolute Gasteiger partial charge is 0.383 e. The molecule has 1 aromatic heterocycles. The number of ether oxygens (including phenoxy) is 1. The van der Waals surface area contributed by atoms with Gasteiger partial charge in [0.2, 0.25) is 0 Å². The van der Waals surface area contributed by atoms with E-state index in [4.69, 9.17) is 4.74 Å². The predicted octanol–water partition coefficient (Wildman–Crippen LogP) is 1.75. The lowest BCUT2D eigenvalue weighted by atomic mass is 9.95. The zero-order chi connectivity index (χ0) is 21.8. The lowest BCUT2D eigenvalue weighted by Gasteiger charge is -2.38. The van der Waals surface area contributed by atoms with Crippen LogP contribution in [0.2, 0.25) is 0 Å². The van der Waals surface area contributed by atoms with Crippen LogP contribution in [0, 0.1) is 5.92 Å². The molecule has 0 N–H and O–H groups in total. The second-order valence-electron chi connectivity index (χ2n) is 8.76. The minimum atomic E-state index is -0.222. The smallest absolute Gasteiger partial charge is 0.274 e. The van der Waals surface area contributed by atoms with E-state index in [1.807, 2.05) is 4.90 Å². The zero-order valence-corrected chi connectivity index (χ0v) is 18.5. The molecule has 2 heterocycles. The van der Waals surface area contributed by atoms with Gasteiger partial charge in [-0.3, -0.25) is 14.5 Å². The molecule has 1 atom stereocenters. The highest BCUT2D eigenvalue weighted by atomic mass is 16.5. The normalized spacial score (nSPS) is 19.4. The molecule has 1 saturated heterocycles. The third kappa shape index (κ3) is 5.05. The maximum absolute atomic E-state index is 13.2. The Balaban J connectivity index is 1.42. The van der Waals surface area contributed by atoms with Gasteiger partial charge in [0.05, 0.1) is 6.61 Å². The number of aromatic nitrogens is 2. The van der Waals surface area contributed by atoms with Crippen LogP contribution in [0.15, 0.2) is 41.2 Å². The predicted molar refractivity (Wildman–Crippen MR) is 119 cm³/mol. The van der Waals surface area contributed by atoms with E-state index in [0.717, 1.165) is 38.8 Å². The average molecular weight is 425 g/mol. The first-order chi connectivity index (χ1) is 15.0. The second-order valence-corrected chi connectivity index (χ2v) is 8.76. The molecule has 0 bridgehead atoms. The van der Waals surface area contributed by atoms with E-state index in [-0.39, 0.29) is 11.5 Å². The van der Waals surface area contributed by atoms with Crippen LogP contribution >= 0.6 is 0 Å². The van der Waals surface area contributed by atoms with Crippen molar-refractivity contribution in [3.63, 3.8) is 0 Å². The number of hydrogen-bond acceptors (Lipinski definition) is 5. The molecule has 0 spiro atoms. The van der Waals surface area contributed by atoms with Crippen LogP contribution in [-0.4, -0.2) is 71.4 Å². The first-order valence-corrected chi connectivity index (χ1v) is 11.2. The molecular weight excluding hydrogens is 392 g/mol. The van der Waals surface area contributed by atoms with Gasteiger partial charge in [0.25, 0.3) is 11.5 Å². The van der Waals surface area contributed by atoms with Crippen LogP contribution in [-0.2, 0) is 24.6 Å². The molecule has 2 aliphatic rings. The number of hydrogen-bond donors (Lipinski definition) is 0. The number of carbonyl (C=O) groups is 1. The zero-order valence-electron chi connectivity index (χ0n) is 18.5. The van der Waals surface area contributed by atoms with Crippen molar-refractivity contribution in [2.24, 2.45) is 13.0 Å². The molecule has 0 radical (unpaired) electrons. The summed E-state index contributed by atoms with van der Waals surface area (Å²) in [6, 6.07) is 12.3. The van der Waals surface area contributed by atoms with Crippen LogP contribution in [0.1, 0.15) is 34.5 Å². The molecule has 1 unspecified atom stereocenters. The molecular formula is C24H32N4O3. The maximum Gasteiger partial charge on any atom is 0.274 e. The van der Waals surface area contributed by atoms with E-state index in [1.165, 1.54) is 27.9 Å². The summed E-state index contributed by atoms with van der Waals surface area (Å²) in [5.41, 5.74) is 3.04. The van der Waals surface area contributed by atoms with Crippen molar-refractivity contribution in [3.05, 3.63) is 63.6 Å². The summed E-state index contributed by atoms with van der Waals surface area (Å²) in [4.78, 5) is 29.3. The van der Waals surface area contributed by atoms with Gasteiger partial charge in [0.15, 0.2) is 0 Å². The highest BCUT2D eigenvalue weighted by molar-refractivity contribution is 5.92. The van der Waals surface area contributed by atoms with Gasteiger partial charge in [0.1, 0.15) is 5.69 Å². The Morgan fingerprint density at radius 3 is 2.61 bits per heavy atom. The highest BCUT2D eigenvalue weighted by Crippen LogP contribution is 2.29. The van der Waals surface area contributed by atoms with E-state index >= 15 is 0 Å². The van der Waals surface area contributed by atoms with Crippen LogP contribution in [0.25, 0.3) is 0 Å². The Labute approximate surface area is 183 Å². The summed E-state index contributed by atoms with van der Waals surface area (Å²) >= 11 is 0. The molecule has 1 aliphatic heterocycles. The van der Waals surface area contributed by atoms with Gasteiger partial charge in [0, 0.05) is 45.9 Å². The van der Waals surface area contributed by atoms with Crippen molar-refractivity contribution in [2.75, 3.05) is 39.9 Å². The number of likely N-dealkylation sites (tertiary alicyclic amines) is 1. The number of nitrogens with zero attached hydrogens (tertiary/aromatic N) is 4. The molecule has 1 aliphatic carbocycles. The number of aryl methyl sites for hydroxylation is 1. The molecule has 7 nitrogen and oxygen atoms in total. The first-order valence-electron chi connectivity index (χ1n) is 11.2. The standard InChI is InChI=1S/C24H32N4O3/c1-26-23(29)10-9-22(25-26)24(30)28(12-13-31-2)17-18-6-5-11-27(16-18)21-14-19-7-3-4-8-20(19)15-21/h3-4,7-10,18,21H,5-6,11-17H2,1-2H3. The number of methoxy groups -OCH3 is 1. The van der Waals surface area contributed by atoms with Crippen molar-refractivity contribution >= 4 is 5.91 Å². The van der Waals surface area contributed by atoms with Gasteiger partial charge in [-0.2, -0.15) is 5.10 Å². The highest BCUT2D eigenvalue weighted by Gasteiger charge is 2.32. The fourth-order valence-corrected chi connectivity index (χ4v) is 4.94. The number of fused-ring (bicyclic) bond motifs is 1. The number of amides is 1. The van der Waals surface area contributed by atoms with E-state index in [0.29, 0.717) is 37.4 Å². The van der Waals surface area contributed by atoms with E-state index < -0.39 is 0 Å². The fourth-order valence-electron chi connectivity index (χ4n) is 4.94. The van der Waals surface area contributed by atoms with E-state index in [9.17, 15) is 9.59 Å². The Hall–Kier alpha value is -2.51. The molecule has 1 amide bonds. The van der Waals surface area contributed by atoms with Gasteiger partial charge < -0.3 is 9.64 Å². The third-order valence-corrected chi connectivity index (χ3v) is 6.61. The maximum atomic E-state index is 13.2. The van der Waals surface area contributed by atoms with Crippen molar-refractivity contribution in [3.8, 4) is 0 Å². The number of rotatable bonds is 7. The van der Waals surface area contributed by atoms with Crippen molar-refractivity contribution < 1.29 is 9.53 Å². The lowest BCUT2D eigenvalue weighted by Crippen LogP contribution is -2.47. The molecule has 1 aromatic carbocycles. The third-order valence-electron chi connectivity index (χ3n) is 6.61. The van der Waals surface area contributed by atoms with Gasteiger partial charge >= 0.3 is 0 Å². The number of piperidine rings is 1. The van der Waals surface area contributed by atoms with Gasteiger partial charge in [-0.05, 0) is 55.3 Å². The van der Waals surface area contributed by atoms with Gasteiger partial charge in [-0.15, -0.1) is 0 Å². The Bertz CT molecular complexity index is 948. The van der Waals surface area contributed by atoms with Crippen LogP contribution < -0.4 is 5.56 Å². The molecule has 1 fully saturated rings. The Morgan fingerprint density at radius 1 is 1.19 bits per heavy atom. The Morgan fingerprint density at radius 2 is 1.94 bits per heavy atom. The number of benzene rings is 1. The summed E-state index contributed by atoms with van der Waals surface area (Å²) in [7, 11) is 3.21. The molecule has 31 heavy (non-hydrogen) atoms. The van der Waals surface area contributed by atoms with Gasteiger partial charge in [-0.25, -0.2) is 4.68 Å². The molecule has 166 valence electrons. The molecule has 4 rings (SSSR count). The summed E-state index contributed by atoms with van der Waals surface area (Å²) in [5, 5.41) is 4.16. The molecule has 2 aromatic rings. The Kier molecular flexibility index (Phi) is 6.83. The second kappa shape index (κ2) is 9.75. The van der Waals surface area contributed by atoms with Crippen molar-refractivity contribution in [2.45, 2.75) is 31.7 Å².